The summed E-state index contributed by atoms with van der Waals surface area (Å²) in [6, 6.07) is 24.3. The Bertz CT molecular complexity index is 1290. The zero-order valence-electron chi connectivity index (χ0n) is 23.4. The minimum atomic E-state index is -0.516. The van der Waals surface area contributed by atoms with Crippen molar-refractivity contribution in [1.29, 1.82) is 0 Å². The van der Waals surface area contributed by atoms with E-state index in [1.807, 2.05) is 72.8 Å². The van der Waals surface area contributed by atoms with Crippen molar-refractivity contribution in [2.45, 2.75) is 25.7 Å². The number of likely N-dealkylation sites (tertiary alicyclic amines) is 1. The van der Waals surface area contributed by atoms with Crippen molar-refractivity contribution in [3.05, 3.63) is 78.9 Å². The molecule has 0 aromatic heterocycles. The molecule has 9 nitrogen and oxygen atoms in total. The molecule has 0 N–H and O–H groups in total. The van der Waals surface area contributed by atoms with E-state index in [4.69, 9.17) is 9.47 Å². The predicted molar refractivity (Wildman–Crippen MR) is 158 cm³/mol. The summed E-state index contributed by atoms with van der Waals surface area (Å²) in [5.41, 5.74) is 2.15. The number of nitrogens with zero attached hydrogens (tertiary/aromatic N) is 4. The quantitative estimate of drug-likeness (QED) is 0.340. The third kappa shape index (κ3) is 6.69. The Labute approximate surface area is 240 Å². The Hall–Kier alpha value is -4.37. The second-order valence-corrected chi connectivity index (χ2v) is 10.2. The third-order valence-electron chi connectivity index (χ3n) is 7.52. The first kappa shape index (κ1) is 28.2. The maximum Gasteiger partial charge on any atom is 0.424 e. The van der Waals surface area contributed by atoms with Crippen LogP contribution in [0.1, 0.15) is 25.7 Å². The van der Waals surface area contributed by atoms with Crippen molar-refractivity contribution in [1.82, 2.24) is 9.80 Å². The van der Waals surface area contributed by atoms with Crippen LogP contribution in [0, 0.1) is 0 Å². The molecule has 5 rings (SSSR count). The van der Waals surface area contributed by atoms with E-state index in [1.54, 1.807) is 18.1 Å². The Morgan fingerprint density at radius 3 is 1.93 bits per heavy atom. The van der Waals surface area contributed by atoms with Crippen LogP contribution < -0.4 is 19.3 Å². The van der Waals surface area contributed by atoms with Crippen molar-refractivity contribution in [2.24, 2.45) is 0 Å². The van der Waals surface area contributed by atoms with Crippen molar-refractivity contribution < 1.29 is 23.9 Å². The number of imide groups is 1. The molecule has 2 aliphatic heterocycles. The van der Waals surface area contributed by atoms with Crippen LogP contribution in [0.2, 0.25) is 0 Å². The van der Waals surface area contributed by atoms with E-state index < -0.39 is 6.09 Å². The van der Waals surface area contributed by atoms with E-state index in [2.05, 4.69) is 9.80 Å². The van der Waals surface area contributed by atoms with Crippen molar-refractivity contribution in [3.8, 4) is 11.5 Å². The summed E-state index contributed by atoms with van der Waals surface area (Å²) in [4.78, 5) is 45.4. The molecular formula is C32H36N4O5. The zero-order chi connectivity index (χ0) is 28.6. The lowest BCUT2D eigenvalue weighted by atomic mass is 10.1. The number of hydrogen-bond acceptors (Lipinski definition) is 7. The SMILES string of the molecule is COc1cccc(OC(=O)N(c2ccccc2)c2ccccc2)c1N1CCN(CCCN2C(=O)CCCC2=O)CC1. The monoisotopic (exact) mass is 556 g/mol. The molecule has 0 spiro atoms. The standard InChI is InChI=1S/C32H36N4O5/c1-40-27-15-8-16-28(41-32(39)36(25-11-4-2-5-12-25)26-13-6-3-7-14-26)31(27)34-23-21-33(22-24-34)19-10-20-35-29(37)17-9-18-30(35)38/h2-8,11-16H,9-10,17-24H2,1H3. The van der Waals surface area contributed by atoms with Crippen LogP contribution in [0.25, 0.3) is 0 Å². The topological polar surface area (TPSA) is 82.6 Å². The van der Waals surface area contributed by atoms with E-state index in [0.29, 0.717) is 61.8 Å². The van der Waals surface area contributed by atoms with Gasteiger partial charge in [0, 0.05) is 45.6 Å². The number of rotatable bonds is 9. The largest absolute Gasteiger partial charge is 0.494 e. The van der Waals surface area contributed by atoms with Gasteiger partial charge in [0.05, 0.1) is 18.5 Å². The molecule has 0 unspecified atom stereocenters. The summed E-state index contributed by atoms with van der Waals surface area (Å²) in [6.45, 7) is 4.31. The van der Waals surface area contributed by atoms with Crippen LogP contribution in [0.3, 0.4) is 0 Å². The first-order valence-corrected chi connectivity index (χ1v) is 14.1. The molecule has 3 amide bonds. The maximum atomic E-state index is 13.7. The van der Waals surface area contributed by atoms with Gasteiger partial charge in [0.15, 0.2) is 5.75 Å². The molecule has 0 atom stereocenters. The number of methoxy groups -OCH3 is 1. The van der Waals surface area contributed by atoms with Crippen LogP contribution in [0.5, 0.6) is 11.5 Å². The average molecular weight is 557 g/mol. The molecule has 3 aromatic carbocycles. The van der Waals surface area contributed by atoms with Crippen LogP contribution in [0.4, 0.5) is 21.9 Å². The molecule has 0 aliphatic carbocycles. The van der Waals surface area contributed by atoms with Crippen LogP contribution in [0.15, 0.2) is 78.9 Å². The van der Waals surface area contributed by atoms with E-state index in [-0.39, 0.29) is 11.8 Å². The van der Waals surface area contributed by atoms with Gasteiger partial charge in [-0.25, -0.2) is 9.69 Å². The molecule has 2 saturated heterocycles. The minimum Gasteiger partial charge on any atom is -0.494 e. The lowest BCUT2D eigenvalue weighted by molar-refractivity contribution is -0.148. The normalized spacial score (nSPS) is 16.0. The molecule has 0 radical (unpaired) electrons. The van der Waals surface area contributed by atoms with Gasteiger partial charge in [0.25, 0.3) is 0 Å². The highest BCUT2D eigenvalue weighted by Crippen LogP contribution is 2.39. The van der Waals surface area contributed by atoms with Gasteiger partial charge in [-0.2, -0.15) is 0 Å². The van der Waals surface area contributed by atoms with E-state index in [0.717, 1.165) is 31.7 Å². The highest BCUT2D eigenvalue weighted by atomic mass is 16.6. The summed E-state index contributed by atoms with van der Waals surface area (Å²) in [5, 5.41) is 0. The van der Waals surface area contributed by atoms with Gasteiger partial charge in [0.1, 0.15) is 11.4 Å². The number of para-hydroxylation sites is 3. The Morgan fingerprint density at radius 2 is 1.34 bits per heavy atom. The van der Waals surface area contributed by atoms with Gasteiger partial charge in [-0.3, -0.25) is 19.4 Å². The molecule has 0 bridgehead atoms. The number of carbonyl (C=O) groups excluding carboxylic acids is 3. The molecule has 214 valence electrons. The fraction of sp³-hybridized carbons (Fsp3) is 0.344. The third-order valence-corrected chi connectivity index (χ3v) is 7.52. The van der Waals surface area contributed by atoms with Crippen LogP contribution >= 0.6 is 0 Å². The van der Waals surface area contributed by atoms with Crippen LogP contribution in [-0.2, 0) is 9.59 Å². The number of anilines is 3. The summed E-state index contributed by atoms with van der Waals surface area (Å²) < 4.78 is 11.8. The second kappa shape index (κ2) is 13.3. The summed E-state index contributed by atoms with van der Waals surface area (Å²) >= 11 is 0. The highest BCUT2D eigenvalue weighted by Gasteiger charge is 2.28. The molecule has 2 aliphatic rings. The lowest BCUT2D eigenvalue weighted by Gasteiger charge is -2.37. The Kier molecular flexibility index (Phi) is 9.15. The molecular weight excluding hydrogens is 520 g/mol. The van der Waals surface area contributed by atoms with Gasteiger partial charge in [-0.1, -0.05) is 42.5 Å². The second-order valence-electron chi connectivity index (χ2n) is 10.2. The molecule has 2 fully saturated rings. The number of piperazine rings is 1. The van der Waals surface area contributed by atoms with E-state index in [9.17, 15) is 14.4 Å². The van der Waals surface area contributed by atoms with Gasteiger partial charge in [-0.05, 0) is 55.8 Å². The lowest BCUT2D eigenvalue weighted by Crippen LogP contribution is -2.48. The fourth-order valence-corrected chi connectivity index (χ4v) is 5.41. The molecule has 41 heavy (non-hydrogen) atoms. The smallest absolute Gasteiger partial charge is 0.424 e. The van der Waals surface area contributed by atoms with Gasteiger partial charge in [-0.15, -0.1) is 0 Å². The summed E-state index contributed by atoms with van der Waals surface area (Å²) in [7, 11) is 1.62. The van der Waals surface area contributed by atoms with Crippen molar-refractivity contribution in [2.75, 3.05) is 56.2 Å². The van der Waals surface area contributed by atoms with E-state index >= 15 is 0 Å². The molecule has 9 heteroatoms. The number of carbonyl (C=O) groups is 3. The first-order valence-electron chi connectivity index (χ1n) is 14.1. The van der Waals surface area contributed by atoms with Gasteiger partial charge < -0.3 is 14.4 Å². The number of amides is 3. The average Bonchev–Trinajstić information content (AvgIpc) is 3.00. The fourth-order valence-electron chi connectivity index (χ4n) is 5.41. The number of benzene rings is 3. The Morgan fingerprint density at radius 1 is 0.756 bits per heavy atom. The zero-order valence-corrected chi connectivity index (χ0v) is 23.4. The maximum absolute atomic E-state index is 13.7. The highest BCUT2D eigenvalue weighted by molar-refractivity contribution is 5.98. The summed E-state index contributed by atoms with van der Waals surface area (Å²) in [6.07, 6.45) is 1.82. The van der Waals surface area contributed by atoms with Crippen molar-refractivity contribution in [3.63, 3.8) is 0 Å². The Balaban J connectivity index is 1.26. The molecule has 0 saturated carbocycles. The number of hydrogen-bond donors (Lipinski definition) is 0. The number of ether oxygens (including phenoxy) is 2. The van der Waals surface area contributed by atoms with Gasteiger partial charge >= 0.3 is 6.09 Å². The summed E-state index contributed by atoms with van der Waals surface area (Å²) in [5.74, 6) is 0.962. The van der Waals surface area contributed by atoms with Gasteiger partial charge in [0.2, 0.25) is 11.8 Å². The molecule has 3 aromatic rings. The van der Waals surface area contributed by atoms with Crippen LogP contribution in [-0.4, -0.2) is 74.1 Å². The van der Waals surface area contributed by atoms with Crippen molar-refractivity contribution >= 4 is 35.0 Å². The minimum absolute atomic E-state index is 0.0533. The molecule has 2 heterocycles. The van der Waals surface area contributed by atoms with E-state index in [1.165, 1.54) is 4.90 Å². The first-order chi connectivity index (χ1) is 20.0. The number of piperidine rings is 1. The predicted octanol–water partition coefficient (Wildman–Crippen LogP) is 5.08.